The van der Waals surface area contributed by atoms with E-state index in [9.17, 15) is 0 Å². The molecule has 0 radical (unpaired) electrons. The molecular weight excluding hydrogens is 627 g/mol. The number of para-hydroxylation sites is 2. The fourth-order valence-electron chi connectivity index (χ4n) is 8.76. The van der Waals surface area contributed by atoms with E-state index in [1.165, 1.54) is 99.1 Å². The molecule has 0 aliphatic carbocycles. The summed E-state index contributed by atoms with van der Waals surface area (Å²) in [5.74, 6) is 0. The second kappa shape index (κ2) is 11.7. The predicted molar refractivity (Wildman–Crippen MR) is 225 cm³/mol. The summed E-state index contributed by atoms with van der Waals surface area (Å²) in [6, 6.07) is 58.5. The monoisotopic (exact) mass is 665 g/mol. The van der Waals surface area contributed by atoms with Gasteiger partial charge >= 0.3 is 0 Å². The maximum Gasteiger partial charge on any atom is 0.0540 e. The highest BCUT2D eigenvalue weighted by atomic mass is 15.2. The topological polar surface area (TPSA) is 3.24 Å². The van der Waals surface area contributed by atoms with E-state index in [1.54, 1.807) is 0 Å². The fraction of sp³-hybridized carbons (Fsp3) is 0.0980. The van der Waals surface area contributed by atoms with Crippen LogP contribution in [0.15, 0.2) is 158 Å². The van der Waals surface area contributed by atoms with Crippen molar-refractivity contribution in [1.82, 2.24) is 0 Å². The first kappa shape index (κ1) is 30.6. The third kappa shape index (κ3) is 4.77. The lowest BCUT2D eigenvalue weighted by Crippen LogP contribution is -2.18. The van der Waals surface area contributed by atoms with Crippen molar-refractivity contribution in [3.8, 4) is 11.1 Å². The standard InChI is InChI=1S/C51H39N/c1-51(2,3)45-19-7-6-14-38(45)34-25-22-33(23-26-34)24-27-35-28-29-42-41-17-11-18-44-48(31-30-43(50(41)44)40-16-10-15-39(35)49(40)42)52-46-20-8-4-12-36(46)32-37-13-5-9-21-47(37)52/h4-31H,32H2,1-3H3/b27-24+. The first-order valence-electron chi connectivity index (χ1n) is 18.4. The normalized spacial score (nSPS) is 13.1. The lowest BCUT2D eigenvalue weighted by Gasteiger charge is -2.34. The minimum absolute atomic E-state index is 0.0872. The summed E-state index contributed by atoms with van der Waals surface area (Å²) in [6.07, 6.45) is 5.49. The first-order chi connectivity index (χ1) is 25.4. The van der Waals surface area contributed by atoms with Crippen LogP contribution in [0.3, 0.4) is 0 Å². The third-order valence-electron chi connectivity index (χ3n) is 11.2. The number of nitrogens with zero attached hydrogens (tertiary/aromatic N) is 1. The third-order valence-corrected chi connectivity index (χ3v) is 11.2. The van der Waals surface area contributed by atoms with Crippen LogP contribution >= 0.6 is 0 Å². The van der Waals surface area contributed by atoms with Gasteiger partial charge in [0.25, 0.3) is 0 Å². The Labute approximate surface area is 305 Å². The number of hydrogen-bond donors (Lipinski definition) is 0. The van der Waals surface area contributed by atoms with Crippen LogP contribution in [-0.4, -0.2) is 0 Å². The minimum Gasteiger partial charge on any atom is -0.309 e. The first-order valence-corrected chi connectivity index (χ1v) is 18.4. The molecule has 0 bridgehead atoms. The zero-order valence-electron chi connectivity index (χ0n) is 29.8. The molecule has 1 aliphatic heterocycles. The van der Waals surface area contributed by atoms with Crippen molar-refractivity contribution in [3.05, 3.63) is 186 Å². The highest BCUT2D eigenvalue weighted by Gasteiger charge is 2.26. The quantitative estimate of drug-likeness (QED) is 0.103. The molecule has 0 fully saturated rings. The molecular formula is C51H39N. The number of hydrogen-bond acceptors (Lipinski definition) is 1. The van der Waals surface area contributed by atoms with Gasteiger partial charge in [-0.1, -0.05) is 172 Å². The largest absolute Gasteiger partial charge is 0.309 e. The molecule has 52 heavy (non-hydrogen) atoms. The van der Waals surface area contributed by atoms with Crippen molar-refractivity contribution < 1.29 is 0 Å². The van der Waals surface area contributed by atoms with Crippen LogP contribution in [0.5, 0.6) is 0 Å². The number of benzene rings is 9. The van der Waals surface area contributed by atoms with E-state index in [0.29, 0.717) is 0 Å². The Bertz CT molecular complexity index is 2780. The van der Waals surface area contributed by atoms with Crippen LogP contribution in [0.25, 0.3) is 66.4 Å². The van der Waals surface area contributed by atoms with Crippen LogP contribution in [0.4, 0.5) is 17.1 Å². The van der Waals surface area contributed by atoms with Gasteiger partial charge in [-0.3, -0.25) is 0 Å². The SMILES string of the molecule is CC(C)(C)c1ccccc1-c1ccc(/C=C/c2ccc3c4cccc5c(N6c7ccccc7Cc7ccccc76)ccc(c6cccc2c36)c54)cc1. The molecule has 1 nitrogen and oxygen atoms in total. The van der Waals surface area contributed by atoms with Gasteiger partial charge in [-0.15, -0.1) is 0 Å². The molecule has 10 rings (SSSR count). The molecule has 0 aromatic heterocycles. The van der Waals surface area contributed by atoms with E-state index >= 15 is 0 Å². The van der Waals surface area contributed by atoms with Crippen molar-refractivity contribution in [2.75, 3.05) is 4.90 Å². The molecule has 1 aliphatic rings. The second-order valence-corrected chi connectivity index (χ2v) is 15.3. The predicted octanol–water partition coefficient (Wildman–Crippen LogP) is 14.2. The molecule has 0 spiro atoms. The number of fused-ring (bicyclic) bond motifs is 4. The summed E-state index contributed by atoms with van der Waals surface area (Å²) in [7, 11) is 0. The summed E-state index contributed by atoms with van der Waals surface area (Å²) in [4.78, 5) is 2.48. The van der Waals surface area contributed by atoms with Gasteiger partial charge in [0.15, 0.2) is 0 Å². The zero-order valence-corrected chi connectivity index (χ0v) is 29.8. The summed E-state index contributed by atoms with van der Waals surface area (Å²) in [5.41, 5.74) is 12.9. The lowest BCUT2D eigenvalue weighted by atomic mass is 9.82. The van der Waals surface area contributed by atoms with E-state index in [-0.39, 0.29) is 5.41 Å². The molecule has 0 amide bonds. The minimum atomic E-state index is 0.0872. The molecule has 0 saturated heterocycles. The van der Waals surface area contributed by atoms with Gasteiger partial charge in [-0.2, -0.15) is 0 Å². The van der Waals surface area contributed by atoms with Crippen molar-refractivity contribution in [2.24, 2.45) is 0 Å². The zero-order chi connectivity index (χ0) is 35.0. The van der Waals surface area contributed by atoms with E-state index in [1.807, 2.05) is 0 Å². The van der Waals surface area contributed by atoms with E-state index < -0.39 is 0 Å². The Morgan fingerprint density at radius 3 is 1.69 bits per heavy atom. The average molecular weight is 666 g/mol. The maximum atomic E-state index is 2.48. The van der Waals surface area contributed by atoms with Gasteiger partial charge in [0, 0.05) is 23.2 Å². The van der Waals surface area contributed by atoms with Gasteiger partial charge in [-0.25, -0.2) is 0 Å². The van der Waals surface area contributed by atoms with Crippen molar-refractivity contribution in [2.45, 2.75) is 32.6 Å². The van der Waals surface area contributed by atoms with Gasteiger partial charge in [0.05, 0.1) is 5.69 Å². The summed E-state index contributed by atoms with van der Waals surface area (Å²) < 4.78 is 0. The van der Waals surface area contributed by atoms with Gasteiger partial charge in [0.2, 0.25) is 0 Å². The van der Waals surface area contributed by atoms with Gasteiger partial charge < -0.3 is 4.90 Å². The molecule has 0 saturated carbocycles. The van der Waals surface area contributed by atoms with Crippen molar-refractivity contribution >= 4 is 72.3 Å². The van der Waals surface area contributed by atoms with Crippen LogP contribution < -0.4 is 4.90 Å². The molecule has 1 heterocycles. The molecule has 248 valence electrons. The Hall–Kier alpha value is -6.18. The molecule has 9 aromatic rings. The molecule has 0 unspecified atom stereocenters. The maximum absolute atomic E-state index is 2.48. The molecule has 0 N–H and O–H groups in total. The summed E-state index contributed by atoms with van der Waals surface area (Å²) in [5, 5.41) is 10.4. The van der Waals surface area contributed by atoms with Crippen molar-refractivity contribution in [3.63, 3.8) is 0 Å². The van der Waals surface area contributed by atoms with Crippen LogP contribution in [-0.2, 0) is 11.8 Å². The summed E-state index contributed by atoms with van der Waals surface area (Å²) in [6.45, 7) is 6.86. The van der Waals surface area contributed by atoms with Crippen molar-refractivity contribution in [1.29, 1.82) is 0 Å². The van der Waals surface area contributed by atoms with E-state index in [4.69, 9.17) is 0 Å². The molecule has 9 aromatic carbocycles. The Morgan fingerprint density at radius 1 is 0.442 bits per heavy atom. The van der Waals surface area contributed by atoms with Gasteiger partial charge in [-0.05, 0) is 100 Å². The fourth-order valence-corrected chi connectivity index (χ4v) is 8.76. The Morgan fingerprint density at radius 2 is 1.00 bits per heavy atom. The van der Waals surface area contributed by atoms with E-state index in [2.05, 4.69) is 196 Å². The summed E-state index contributed by atoms with van der Waals surface area (Å²) >= 11 is 0. The van der Waals surface area contributed by atoms with E-state index in [0.717, 1.165) is 6.42 Å². The average Bonchev–Trinajstić information content (AvgIpc) is 3.18. The molecule has 1 heteroatoms. The highest BCUT2D eigenvalue weighted by Crippen LogP contribution is 2.49. The van der Waals surface area contributed by atoms with Gasteiger partial charge in [0.1, 0.15) is 0 Å². The number of rotatable bonds is 4. The molecule has 0 atom stereocenters. The van der Waals surface area contributed by atoms with Crippen LogP contribution in [0, 0.1) is 0 Å². The Balaban J connectivity index is 1.09. The smallest absolute Gasteiger partial charge is 0.0540 e. The number of anilines is 3. The van der Waals surface area contributed by atoms with Crippen LogP contribution in [0.2, 0.25) is 0 Å². The second-order valence-electron chi connectivity index (χ2n) is 15.3. The van der Waals surface area contributed by atoms with Crippen LogP contribution in [0.1, 0.15) is 48.6 Å². The highest BCUT2D eigenvalue weighted by molar-refractivity contribution is 6.34. The Kier molecular flexibility index (Phi) is 6.88. The lowest BCUT2D eigenvalue weighted by molar-refractivity contribution is 0.592.